The van der Waals surface area contributed by atoms with Crippen LogP contribution in [0.15, 0.2) is 28.9 Å². The molecule has 1 fully saturated rings. The third-order valence-corrected chi connectivity index (χ3v) is 4.07. The van der Waals surface area contributed by atoms with E-state index in [-0.39, 0.29) is 13.0 Å². The summed E-state index contributed by atoms with van der Waals surface area (Å²) < 4.78 is 10.5. The van der Waals surface area contributed by atoms with Gasteiger partial charge in [0.1, 0.15) is 11.8 Å². The van der Waals surface area contributed by atoms with Gasteiger partial charge >= 0.3 is 5.97 Å². The standard InChI is InChI=1S/C16H17NO5/c1-2-10-3-4-13-11(7-10)12(8-22-13)14(18)17-16(15(19)20)5-6-21-9-16/h3-4,7-8H,2,5-6,9H2,1H3,(H,17,18)(H,19,20). The van der Waals surface area contributed by atoms with Crippen molar-refractivity contribution in [3.63, 3.8) is 0 Å². The minimum absolute atomic E-state index is 0.0237. The maximum atomic E-state index is 12.5. The zero-order valence-corrected chi connectivity index (χ0v) is 12.2. The SMILES string of the molecule is CCc1ccc2occ(C(=O)NC3(C(=O)O)CCOC3)c2c1. The van der Waals surface area contributed by atoms with Crippen molar-refractivity contribution in [3.8, 4) is 0 Å². The van der Waals surface area contributed by atoms with Crippen LogP contribution >= 0.6 is 0 Å². The van der Waals surface area contributed by atoms with Gasteiger partial charge in [-0.2, -0.15) is 0 Å². The van der Waals surface area contributed by atoms with Crippen molar-refractivity contribution >= 4 is 22.8 Å². The summed E-state index contributed by atoms with van der Waals surface area (Å²) in [7, 11) is 0. The molecular formula is C16H17NO5. The lowest BCUT2D eigenvalue weighted by atomic mass is 9.98. The first-order chi connectivity index (χ1) is 10.6. The number of ether oxygens (including phenoxy) is 1. The Morgan fingerprint density at radius 2 is 2.23 bits per heavy atom. The van der Waals surface area contributed by atoms with Crippen molar-refractivity contribution in [1.29, 1.82) is 0 Å². The number of hydrogen-bond acceptors (Lipinski definition) is 4. The number of benzene rings is 1. The molecular weight excluding hydrogens is 286 g/mol. The number of hydrogen-bond donors (Lipinski definition) is 2. The Labute approximate surface area is 127 Å². The molecule has 3 rings (SSSR count). The Kier molecular flexibility index (Phi) is 3.62. The number of carbonyl (C=O) groups excluding carboxylic acids is 1. The second-order valence-electron chi connectivity index (χ2n) is 5.48. The van der Waals surface area contributed by atoms with Crippen LogP contribution in [0.5, 0.6) is 0 Å². The maximum absolute atomic E-state index is 12.5. The van der Waals surface area contributed by atoms with Gasteiger partial charge in [0.05, 0.1) is 12.2 Å². The van der Waals surface area contributed by atoms with Gasteiger partial charge in [0.25, 0.3) is 5.91 Å². The molecule has 1 aromatic carbocycles. The fourth-order valence-electron chi connectivity index (χ4n) is 2.64. The van der Waals surface area contributed by atoms with Gasteiger partial charge in [-0.3, -0.25) is 4.79 Å². The molecule has 22 heavy (non-hydrogen) atoms. The summed E-state index contributed by atoms with van der Waals surface area (Å²) in [6.07, 6.45) is 2.46. The average molecular weight is 303 g/mol. The first-order valence-electron chi connectivity index (χ1n) is 7.19. The molecule has 0 saturated carbocycles. The van der Waals surface area contributed by atoms with E-state index < -0.39 is 17.4 Å². The van der Waals surface area contributed by atoms with Crippen molar-refractivity contribution in [2.24, 2.45) is 0 Å². The van der Waals surface area contributed by atoms with E-state index in [4.69, 9.17) is 9.15 Å². The lowest BCUT2D eigenvalue weighted by molar-refractivity contribution is -0.144. The Hall–Kier alpha value is -2.34. The smallest absolute Gasteiger partial charge is 0.331 e. The predicted molar refractivity (Wildman–Crippen MR) is 78.9 cm³/mol. The highest BCUT2D eigenvalue weighted by Crippen LogP contribution is 2.25. The van der Waals surface area contributed by atoms with E-state index in [9.17, 15) is 14.7 Å². The van der Waals surface area contributed by atoms with Crippen LogP contribution in [0.25, 0.3) is 11.0 Å². The average Bonchev–Trinajstić information content (AvgIpc) is 3.13. The second-order valence-corrected chi connectivity index (χ2v) is 5.48. The summed E-state index contributed by atoms with van der Waals surface area (Å²) in [5.74, 6) is -1.54. The zero-order chi connectivity index (χ0) is 15.7. The van der Waals surface area contributed by atoms with E-state index in [1.54, 1.807) is 0 Å². The molecule has 1 saturated heterocycles. The third-order valence-electron chi connectivity index (χ3n) is 4.07. The molecule has 1 atom stereocenters. The number of furan rings is 1. The molecule has 1 aromatic heterocycles. The maximum Gasteiger partial charge on any atom is 0.331 e. The number of fused-ring (bicyclic) bond motifs is 1. The van der Waals surface area contributed by atoms with Gasteiger partial charge < -0.3 is 19.6 Å². The fraction of sp³-hybridized carbons (Fsp3) is 0.375. The van der Waals surface area contributed by atoms with Gasteiger partial charge in [-0.05, 0) is 24.1 Å². The summed E-state index contributed by atoms with van der Waals surface area (Å²) in [5.41, 5.74) is 0.676. The first kappa shape index (κ1) is 14.6. The molecule has 0 bridgehead atoms. The van der Waals surface area contributed by atoms with E-state index >= 15 is 0 Å². The van der Waals surface area contributed by atoms with Gasteiger partial charge in [0.2, 0.25) is 0 Å². The van der Waals surface area contributed by atoms with Crippen molar-refractivity contribution in [2.45, 2.75) is 25.3 Å². The number of rotatable bonds is 4. The molecule has 1 amide bonds. The van der Waals surface area contributed by atoms with Crippen LogP contribution in [0.3, 0.4) is 0 Å². The lowest BCUT2D eigenvalue weighted by Gasteiger charge is -2.23. The molecule has 6 nitrogen and oxygen atoms in total. The number of carboxylic acid groups (broad SMARTS) is 1. The normalized spacial score (nSPS) is 21.1. The van der Waals surface area contributed by atoms with Crippen LogP contribution in [0, 0.1) is 0 Å². The minimum atomic E-state index is -1.36. The number of aliphatic carboxylic acids is 1. The minimum Gasteiger partial charge on any atom is -0.479 e. The molecule has 6 heteroatoms. The summed E-state index contributed by atoms with van der Waals surface area (Å²) in [6, 6.07) is 5.65. The number of carbonyl (C=O) groups is 2. The topological polar surface area (TPSA) is 88.8 Å². The van der Waals surface area contributed by atoms with Crippen LogP contribution in [0.2, 0.25) is 0 Å². The number of nitrogens with one attached hydrogen (secondary N) is 1. The summed E-state index contributed by atoms with van der Waals surface area (Å²) in [6.45, 7) is 2.32. The van der Waals surface area contributed by atoms with Gasteiger partial charge in [0.15, 0.2) is 5.54 Å². The van der Waals surface area contributed by atoms with Crippen LogP contribution in [-0.2, 0) is 16.0 Å². The van der Waals surface area contributed by atoms with E-state index in [0.717, 1.165) is 12.0 Å². The van der Waals surface area contributed by atoms with E-state index in [0.29, 0.717) is 23.1 Å². The quantitative estimate of drug-likeness (QED) is 0.901. The Balaban J connectivity index is 1.93. The highest BCUT2D eigenvalue weighted by atomic mass is 16.5. The highest BCUT2D eigenvalue weighted by molar-refractivity contribution is 6.07. The van der Waals surface area contributed by atoms with Crippen molar-refractivity contribution < 1.29 is 23.8 Å². The van der Waals surface area contributed by atoms with Gasteiger partial charge in [-0.25, -0.2) is 4.79 Å². The molecule has 2 heterocycles. The molecule has 1 aliphatic rings. The van der Waals surface area contributed by atoms with Gasteiger partial charge in [-0.15, -0.1) is 0 Å². The van der Waals surface area contributed by atoms with Crippen LogP contribution < -0.4 is 5.32 Å². The molecule has 1 unspecified atom stereocenters. The molecule has 2 aromatic rings. The van der Waals surface area contributed by atoms with Crippen molar-refractivity contribution in [3.05, 3.63) is 35.6 Å². The van der Waals surface area contributed by atoms with Crippen molar-refractivity contribution in [1.82, 2.24) is 5.32 Å². The summed E-state index contributed by atoms with van der Waals surface area (Å²) in [5, 5.41) is 12.7. The fourth-order valence-corrected chi connectivity index (χ4v) is 2.64. The zero-order valence-electron chi connectivity index (χ0n) is 12.2. The largest absolute Gasteiger partial charge is 0.479 e. The van der Waals surface area contributed by atoms with Crippen LogP contribution in [-0.4, -0.2) is 35.7 Å². The van der Waals surface area contributed by atoms with Gasteiger partial charge in [-0.1, -0.05) is 13.0 Å². The first-order valence-corrected chi connectivity index (χ1v) is 7.19. The Morgan fingerprint density at radius 1 is 1.41 bits per heavy atom. The van der Waals surface area contributed by atoms with Crippen molar-refractivity contribution in [2.75, 3.05) is 13.2 Å². The summed E-state index contributed by atoms with van der Waals surface area (Å²) in [4.78, 5) is 24.0. The van der Waals surface area contributed by atoms with E-state index in [2.05, 4.69) is 5.32 Å². The monoisotopic (exact) mass is 303 g/mol. The number of carboxylic acids is 1. The van der Waals surface area contributed by atoms with Gasteiger partial charge in [0, 0.05) is 18.4 Å². The second kappa shape index (κ2) is 5.46. The van der Waals surface area contributed by atoms with Crippen LogP contribution in [0.4, 0.5) is 0 Å². The lowest BCUT2D eigenvalue weighted by Crippen LogP contribution is -2.55. The summed E-state index contributed by atoms with van der Waals surface area (Å²) >= 11 is 0. The molecule has 116 valence electrons. The molecule has 2 N–H and O–H groups in total. The molecule has 0 spiro atoms. The highest BCUT2D eigenvalue weighted by Gasteiger charge is 2.44. The number of aryl methyl sites for hydroxylation is 1. The van der Waals surface area contributed by atoms with E-state index in [1.807, 2.05) is 25.1 Å². The number of amides is 1. The Bertz CT molecular complexity index is 727. The van der Waals surface area contributed by atoms with E-state index in [1.165, 1.54) is 6.26 Å². The molecule has 1 aliphatic heterocycles. The molecule has 0 radical (unpaired) electrons. The molecule has 0 aliphatic carbocycles. The Morgan fingerprint density at radius 3 is 2.86 bits per heavy atom. The predicted octanol–water partition coefficient (Wildman–Crippen LogP) is 1.97. The van der Waals surface area contributed by atoms with Crippen LogP contribution in [0.1, 0.15) is 29.3 Å². The third kappa shape index (κ3) is 2.35.